The lowest BCUT2D eigenvalue weighted by Crippen LogP contribution is -2.47. The zero-order valence-corrected chi connectivity index (χ0v) is 14.6. The summed E-state index contributed by atoms with van der Waals surface area (Å²) < 4.78 is 4.96. The summed E-state index contributed by atoms with van der Waals surface area (Å²) in [6, 6.07) is 10.5. The molecule has 3 rings (SSSR count). The Hall–Kier alpha value is -1.81. The third-order valence-electron chi connectivity index (χ3n) is 4.75. The quantitative estimate of drug-likeness (QED) is 0.852. The number of rotatable bonds is 2. The molecular formula is C19H28N2O2. The number of benzene rings is 1. The number of nitrogens with two attached hydrogens (primary N) is 1. The van der Waals surface area contributed by atoms with E-state index in [2.05, 4.69) is 24.0 Å². The van der Waals surface area contributed by atoms with Crippen LogP contribution in [0.2, 0.25) is 0 Å². The molecule has 2 N–H and O–H groups in total. The first-order valence-corrected chi connectivity index (χ1v) is 8.48. The van der Waals surface area contributed by atoms with Gasteiger partial charge in [0.15, 0.2) is 0 Å². The summed E-state index contributed by atoms with van der Waals surface area (Å²) in [5, 5.41) is 0. The van der Waals surface area contributed by atoms with Crippen molar-refractivity contribution in [1.82, 2.24) is 4.90 Å². The summed E-state index contributed by atoms with van der Waals surface area (Å²) in [5.41, 5.74) is 9.61. The largest absolute Gasteiger partial charge is 0.468 e. The van der Waals surface area contributed by atoms with Crippen molar-refractivity contribution in [1.29, 1.82) is 0 Å². The number of ether oxygens (including phenoxy) is 1. The van der Waals surface area contributed by atoms with Crippen molar-refractivity contribution in [3.63, 3.8) is 0 Å². The van der Waals surface area contributed by atoms with E-state index < -0.39 is 0 Å². The SMILES string of the molecule is CC.COC(=O)C1C(C)CC2CC(c3ccccc3)=C(N)CN21. The number of hydrogen-bond acceptors (Lipinski definition) is 4. The van der Waals surface area contributed by atoms with Crippen LogP contribution in [-0.2, 0) is 9.53 Å². The average Bonchev–Trinajstić information content (AvgIpc) is 2.91. The third kappa shape index (κ3) is 3.42. The molecule has 126 valence electrons. The van der Waals surface area contributed by atoms with Gasteiger partial charge in [-0.05, 0) is 29.9 Å². The molecule has 23 heavy (non-hydrogen) atoms. The zero-order valence-electron chi connectivity index (χ0n) is 14.6. The Balaban J connectivity index is 0.000000924. The van der Waals surface area contributed by atoms with Crippen LogP contribution < -0.4 is 5.73 Å². The molecule has 0 aromatic heterocycles. The molecule has 0 amide bonds. The Kier molecular flexibility index (Phi) is 5.83. The Morgan fingerprint density at radius 2 is 1.91 bits per heavy atom. The summed E-state index contributed by atoms with van der Waals surface area (Å²) in [7, 11) is 1.46. The molecule has 2 heterocycles. The smallest absolute Gasteiger partial charge is 0.323 e. The molecule has 1 aromatic rings. The molecule has 3 unspecified atom stereocenters. The van der Waals surface area contributed by atoms with Crippen LogP contribution in [-0.4, -0.2) is 36.6 Å². The average molecular weight is 316 g/mol. The minimum Gasteiger partial charge on any atom is -0.468 e. The molecule has 0 radical (unpaired) electrons. The van der Waals surface area contributed by atoms with E-state index in [1.807, 2.05) is 32.0 Å². The zero-order chi connectivity index (χ0) is 17.0. The second-order valence-corrected chi connectivity index (χ2v) is 6.08. The van der Waals surface area contributed by atoms with E-state index >= 15 is 0 Å². The number of nitrogens with zero attached hydrogens (tertiary/aromatic N) is 1. The van der Waals surface area contributed by atoms with Crippen LogP contribution in [0.25, 0.3) is 5.57 Å². The Labute approximate surface area is 139 Å². The number of carbonyl (C=O) groups excluding carboxylic acids is 1. The Morgan fingerprint density at radius 3 is 2.52 bits per heavy atom. The maximum Gasteiger partial charge on any atom is 0.323 e. The second-order valence-electron chi connectivity index (χ2n) is 6.08. The molecule has 1 aromatic carbocycles. The summed E-state index contributed by atoms with van der Waals surface area (Å²) in [4.78, 5) is 14.2. The van der Waals surface area contributed by atoms with E-state index in [0.717, 1.165) is 18.5 Å². The maximum atomic E-state index is 12.0. The lowest BCUT2D eigenvalue weighted by Gasteiger charge is -2.35. The predicted molar refractivity (Wildman–Crippen MR) is 93.6 cm³/mol. The van der Waals surface area contributed by atoms with Crippen molar-refractivity contribution >= 4 is 11.5 Å². The first-order valence-electron chi connectivity index (χ1n) is 8.48. The fraction of sp³-hybridized carbons (Fsp3) is 0.526. The number of carbonyl (C=O) groups is 1. The van der Waals surface area contributed by atoms with E-state index in [1.54, 1.807) is 0 Å². The summed E-state index contributed by atoms with van der Waals surface area (Å²) in [5.74, 6) is 0.173. The molecule has 0 spiro atoms. The molecule has 0 saturated carbocycles. The molecule has 4 heteroatoms. The monoisotopic (exact) mass is 316 g/mol. The molecule has 2 aliphatic rings. The fourth-order valence-electron chi connectivity index (χ4n) is 3.77. The Morgan fingerprint density at radius 1 is 1.26 bits per heavy atom. The van der Waals surface area contributed by atoms with Crippen LogP contribution in [0.1, 0.15) is 39.2 Å². The van der Waals surface area contributed by atoms with Gasteiger partial charge in [-0.3, -0.25) is 9.69 Å². The first-order chi connectivity index (χ1) is 11.1. The molecule has 0 bridgehead atoms. The minimum absolute atomic E-state index is 0.138. The summed E-state index contributed by atoms with van der Waals surface area (Å²) in [6.07, 6.45) is 1.93. The van der Waals surface area contributed by atoms with Crippen LogP contribution in [0.3, 0.4) is 0 Å². The number of methoxy groups -OCH3 is 1. The van der Waals surface area contributed by atoms with Crippen molar-refractivity contribution in [2.45, 2.75) is 45.7 Å². The van der Waals surface area contributed by atoms with Gasteiger partial charge in [0, 0.05) is 18.3 Å². The Bertz CT molecular complexity index is 568. The lowest BCUT2D eigenvalue weighted by molar-refractivity contribution is -0.147. The van der Waals surface area contributed by atoms with Crippen LogP contribution in [0.4, 0.5) is 0 Å². The van der Waals surface area contributed by atoms with Crippen LogP contribution >= 0.6 is 0 Å². The normalized spacial score (nSPS) is 27.0. The van der Waals surface area contributed by atoms with Gasteiger partial charge in [-0.2, -0.15) is 0 Å². The predicted octanol–water partition coefficient (Wildman–Crippen LogP) is 3.04. The lowest BCUT2D eigenvalue weighted by atomic mass is 9.91. The van der Waals surface area contributed by atoms with E-state index in [-0.39, 0.29) is 12.0 Å². The molecule has 0 aliphatic carbocycles. The van der Waals surface area contributed by atoms with Crippen molar-refractivity contribution < 1.29 is 9.53 Å². The molecule has 3 atom stereocenters. The minimum atomic E-state index is -0.157. The van der Waals surface area contributed by atoms with Gasteiger partial charge in [0.05, 0.1) is 7.11 Å². The van der Waals surface area contributed by atoms with Crippen LogP contribution in [0, 0.1) is 5.92 Å². The van der Waals surface area contributed by atoms with Gasteiger partial charge in [-0.25, -0.2) is 0 Å². The van der Waals surface area contributed by atoms with E-state index in [1.165, 1.54) is 18.2 Å². The summed E-state index contributed by atoms with van der Waals surface area (Å²) >= 11 is 0. The maximum absolute atomic E-state index is 12.0. The molecule has 1 fully saturated rings. The molecule has 4 nitrogen and oxygen atoms in total. The highest BCUT2D eigenvalue weighted by Crippen LogP contribution is 2.39. The highest BCUT2D eigenvalue weighted by Gasteiger charge is 2.45. The van der Waals surface area contributed by atoms with Gasteiger partial charge in [-0.1, -0.05) is 51.1 Å². The topological polar surface area (TPSA) is 55.6 Å². The van der Waals surface area contributed by atoms with Crippen molar-refractivity contribution in [2.75, 3.05) is 13.7 Å². The molecular weight excluding hydrogens is 288 g/mol. The van der Waals surface area contributed by atoms with Crippen molar-refractivity contribution in [3.05, 3.63) is 41.6 Å². The van der Waals surface area contributed by atoms with Crippen molar-refractivity contribution in [2.24, 2.45) is 11.7 Å². The van der Waals surface area contributed by atoms with Gasteiger partial charge in [-0.15, -0.1) is 0 Å². The highest BCUT2D eigenvalue weighted by atomic mass is 16.5. The number of fused-ring (bicyclic) bond motifs is 1. The molecule has 2 aliphatic heterocycles. The van der Waals surface area contributed by atoms with E-state index in [4.69, 9.17) is 10.5 Å². The van der Waals surface area contributed by atoms with Crippen LogP contribution in [0.5, 0.6) is 0 Å². The van der Waals surface area contributed by atoms with Crippen LogP contribution in [0.15, 0.2) is 36.0 Å². The van der Waals surface area contributed by atoms with Gasteiger partial charge in [0.25, 0.3) is 0 Å². The summed E-state index contributed by atoms with van der Waals surface area (Å²) in [6.45, 7) is 6.78. The van der Waals surface area contributed by atoms with E-state index in [9.17, 15) is 4.79 Å². The van der Waals surface area contributed by atoms with Gasteiger partial charge >= 0.3 is 5.97 Å². The van der Waals surface area contributed by atoms with Gasteiger partial charge < -0.3 is 10.5 Å². The number of hydrogen-bond donors (Lipinski definition) is 1. The highest BCUT2D eigenvalue weighted by molar-refractivity contribution is 5.77. The third-order valence-corrected chi connectivity index (χ3v) is 4.75. The first kappa shape index (κ1) is 17.5. The second kappa shape index (κ2) is 7.64. The number of esters is 1. The van der Waals surface area contributed by atoms with Gasteiger partial charge in [0.2, 0.25) is 0 Å². The van der Waals surface area contributed by atoms with E-state index in [0.29, 0.717) is 18.5 Å². The fourth-order valence-corrected chi connectivity index (χ4v) is 3.77. The van der Waals surface area contributed by atoms with Crippen molar-refractivity contribution in [3.8, 4) is 0 Å². The van der Waals surface area contributed by atoms with Gasteiger partial charge in [0.1, 0.15) is 6.04 Å². The molecule has 1 saturated heterocycles. The standard InChI is InChI=1S/C17H22N2O2.C2H6/c1-11-8-13-9-14(12-6-4-3-5-7-12)15(18)10-19(13)16(11)17(20)21-2;1-2/h3-7,11,13,16H,8-10,18H2,1-2H3;1-2H3.